The van der Waals surface area contributed by atoms with Crippen molar-refractivity contribution in [3.05, 3.63) is 11.6 Å². The van der Waals surface area contributed by atoms with Crippen molar-refractivity contribution in [1.82, 2.24) is 5.32 Å². The van der Waals surface area contributed by atoms with Gasteiger partial charge < -0.3 is 15.8 Å². The SMILES string of the molecule is NC1CCC(OCCNC(=O)CC2=CCCCC2)CC1. The molecule has 2 aliphatic rings. The average molecular weight is 280 g/mol. The summed E-state index contributed by atoms with van der Waals surface area (Å²) < 4.78 is 5.79. The first-order valence-corrected chi connectivity index (χ1v) is 8.06. The first kappa shape index (κ1) is 15.5. The molecular weight excluding hydrogens is 252 g/mol. The maximum atomic E-state index is 11.8. The molecule has 0 aliphatic heterocycles. The molecule has 0 heterocycles. The summed E-state index contributed by atoms with van der Waals surface area (Å²) in [7, 11) is 0. The van der Waals surface area contributed by atoms with Crippen LogP contribution in [0.1, 0.15) is 57.8 Å². The number of ether oxygens (including phenoxy) is 1. The van der Waals surface area contributed by atoms with E-state index in [1.165, 1.54) is 18.4 Å². The van der Waals surface area contributed by atoms with Crippen molar-refractivity contribution in [3.8, 4) is 0 Å². The van der Waals surface area contributed by atoms with Crippen LogP contribution in [-0.4, -0.2) is 31.2 Å². The fraction of sp³-hybridized carbons (Fsp3) is 0.812. The summed E-state index contributed by atoms with van der Waals surface area (Å²) in [4.78, 5) is 11.8. The summed E-state index contributed by atoms with van der Waals surface area (Å²) in [6.45, 7) is 1.24. The molecule has 1 fully saturated rings. The zero-order chi connectivity index (χ0) is 14.2. The van der Waals surface area contributed by atoms with Crippen LogP contribution in [0.4, 0.5) is 0 Å². The Morgan fingerprint density at radius 1 is 1.30 bits per heavy atom. The number of allylic oxidation sites excluding steroid dienone is 1. The van der Waals surface area contributed by atoms with Crippen LogP contribution in [0.15, 0.2) is 11.6 Å². The minimum Gasteiger partial charge on any atom is -0.376 e. The van der Waals surface area contributed by atoms with Gasteiger partial charge in [0.2, 0.25) is 5.91 Å². The summed E-state index contributed by atoms with van der Waals surface area (Å²) in [5.41, 5.74) is 7.16. The van der Waals surface area contributed by atoms with Crippen LogP contribution in [0, 0.1) is 0 Å². The standard InChI is InChI=1S/C16H28N2O2/c17-14-6-8-15(9-7-14)20-11-10-18-16(19)12-13-4-2-1-3-5-13/h4,14-15H,1-3,5-12,17H2,(H,18,19). The summed E-state index contributed by atoms with van der Waals surface area (Å²) in [5.74, 6) is 0.132. The molecule has 20 heavy (non-hydrogen) atoms. The molecular formula is C16H28N2O2. The number of carbonyl (C=O) groups excluding carboxylic acids is 1. The lowest BCUT2D eigenvalue weighted by atomic mass is 9.94. The maximum absolute atomic E-state index is 11.8. The van der Waals surface area contributed by atoms with Gasteiger partial charge in [0.25, 0.3) is 0 Å². The second-order valence-corrected chi connectivity index (χ2v) is 6.04. The van der Waals surface area contributed by atoms with Gasteiger partial charge in [0.1, 0.15) is 0 Å². The van der Waals surface area contributed by atoms with Gasteiger partial charge in [-0.3, -0.25) is 4.79 Å². The Balaban J connectivity index is 1.52. The lowest BCUT2D eigenvalue weighted by Gasteiger charge is -2.26. The van der Waals surface area contributed by atoms with Crippen molar-refractivity contribution in [2.24, 2.45) is 5.73 Å². The van der Waals surface area contributed by atoms with Gasteiger partial charge in [-0.05, 0) is 51.4 Å². The van der Waals surface area contributed by atoms with Crippen LogP contribution in [0.5, 0.6) is 0 Å². The Kier molecular flexibility index (Phi) is 6.54. The largest absolute Gasteiger partial charge is 0.376 e. The molecule has 114 valence electrons. The fourth-order valence-corrected chi connectivity index (χ4v) is 3.01. The third-order valence-electron chi connectivity index (χ3n) is 4.27. The number of carbonyl (C=O) groups is 1. The van der Waals surface area contributed by atoms with Gasteiger partial charge in [0.05, 0.1) is 12.7 Å². The lowest BCUT2D eigenvalue weighted by Crippen LogP contribution is -2.33. The van der Waals surface area contributed by atoms with Gasteiger partial charge in [-0.2, -0.15) is 0 Å². The van der Waals surface area contributed by atoms with Crippen LogP contribution in [0.25, 0.3) is 0 Å². The molecule has 4 nitrogen and oxygen atoms in total. The van der Waals surface area contributed by atoms with E-state index in [-0.39, 0.29) is 5.91 Å². The average Bonchev–Trinajstić information content (AvgIpc) is 2.46. The lowest BCUT2D eigenvalue weighted by molar-refractivity contribution is -0.120. The van der Waals surface area contributed by atoms with Crippen molar-refractivity contribution in [3.63, 3.8) is 0 Å². The van der Waals surface area contributed by atoms with Crippen LogP contribution in [0.2, 0.25) is 0 Å². The minimum absolute atomic E-state index is 0.132. The van der Waals surface area contributed by atoms with Gasteiger partial charge in [-0.1, -0.05) is 11.6 Å². The van der Waals surface area contributed by atoms with E-state index in [9.17, 15) is 4.79 Å². The molecule has 0 atom stereocenters. The van der Waals surface area contributed by atoms with Crippen molar-refractivity contribution in [2.75, 3.05) is 13.2 Å². The number of hydrogen-bond donors (Lipinski definition) is 2. The smallest absolute Gasteiger partial charge is 0.224 e. The quantitative estimate of drug-likeness (QED) is 0.579. The third-order valence-corrected chi connectivity index (χ3v) is 4.27. The Labute approximate surface area is 122 Å². The van der Waals surface area contributed by atoms with Crippen molar-refractivity contribution in [2.45, 2.75) is 69.9 Å². The Morgan fingerprint density at radius 3 is 2.80 bits per heavy atom. The monoisotopic (exact) mass is 280 g/mol. The van der Waals surface area contributed by atoms with Crippen LogP contribution in [-0.2, 0) is 9.53 Å². The van der Waals surface area contributed by atoms with Crippen LogP contribution >= 0.6 is 0 Å². The number of rotatable bonds is 6. The molecule has 0 radical (unpaired) electrons. The second-order valence-electron chi connectivity index (χ2n) is 6.04. The molecule has 0 spiro atoms. The van der Waals surface area contributed by atoms with E-state index in [2.05, 4.69) is 11.4 Å². The first-order valence-electron chi connectivity index (χ1n) is 8.06. The third kappa shape index (κ3) is 5.63. The molecule has 2 rings (SSSR count). The molecule has 2 aliphatic carbocycles. The highest BCUT2D eigenvalue weighted by Crippen LogP contribution is 2.20. The molecule has 0 bridgehead atoms. The van der Waals surface area contributed by atoms with E-state index in [0.29, 0.717) is 31.7 Å². The van der Waals surface area contributed by atoms with E-state index in [0.717, 1.165) is 38.5 Å². The van der Waals surface area contributed by atoms with Gasteiger partial charge in [-0.25, -0.2) is 0 Å². The molecule has 4 heteroatoms. The molecule has 0 saturated heterocycles. The summed E-state index contributed by atoms with van der Waals surface area (Å²) in [5, 5.41) is 2.95. The number of amides is 1. The van der Waals surface area contributed by atoms with Crippen LogP contribution in [0.3, 0.4) is 0 Å². The molecule has 0 aromatic heterocycles. The van der Waals surface area contributed by atoms with Crippen molar-refractivity contribution in [1.29, 1.82) is 0 Å². The highest BCUT2D eigenvalue weighted by atomic mass is 16.5. The second kappa shape index (κ2) is 8.42. The summed E-state index contributed by atoms with van der Waals surface area (Å²) >= 11 is 0. The summed E-state index contributed by atoms with van der Waals surface area (Å²) in [6, 6.07) is 0.360. The molecule has 0 aromatic rings. The van der Waals surface area contributed by atoms with Gasteiger partial charge in [0, 0.05) is 19.0 Å². The fourth-order valence-electron chi connectivity index (χ4n) is 3.01. The number of nitrogens with one attached hydrogen (secondary N) is 1. The van der Waals surface area contributed by atoms with E-state index in [1.54, 1.807) is 0 Å². The zero-order valence-electron chi connectivity index (χ0n) is 12.4. The van der Waals surface area contributed by atoms with Crippen molar-refractivity contribution >= 4 is 5.91 Å². The molecule has 0 unspecified atom stereocenters. The van der Waals surface area contributed by atoms with E-state index >= 15 is 0 Å². The number of nitrogens with two attached hydrogens (primary N) is 1. The summed E-state index contributed by atoms with van der Waals surface area (Å²) in [6.07, 6.45) is 12.1. The Hall–Kier alpha value is -0.870. The molecule has 1 saturated carbocycles. The molecule has 1 amide bonds. The van der Waals surface area contributed by atoms with Crippen molar-refractivity contribution < 1.29 is 9.53 Å². The minimum atomic E-state index is 0.132. The van der Waals surface area contributed by atoms with Gasteiger partial charge in [-0.15, -0.1) is 0 Å². The highest BCUT2D eigenvalue weighted by molar-refractivity contribution is 5.78. The van der Waals surface area contributed by atoms with E-state index < -0.39 is 0 Å². The number of hydrogen-bond acceptors (Lipinski definition) is 3. The predicted octanol–water partition coefficient (Wildman–Crippen LogP) is 2.28. The highest BCUT2D eigenvalue weighted by Gasteiger charge is 2.18. The topological polar surface area (TPSA) is 64.3 Å². The Morgan fingerprint density at radius 2 is 2.10 bits per heavy atom. The normalized spacial score (nSPS) is 26.9. The maximum Gasteiger partial charge on any atom is 0.224 e. The molecule has 0 aromatic carbocycles. The van der Waals surface area contributed by atoms with E-state index in [4.69, 9.17) is 10.5 Å². The molecule has 3 N–H and O–H groups in total. The predicted molar refractivity (Wildman–Crippen MR) is 80.4 cm³/mol. The first-order chi connectivity index (χ1) is 9.74. The van der Waals surface area contributed by atoms with E-state index in [1.807, 2.05) is 0 Å². The Bertz CT molecular complexity index is 333. The van der Waals surface area contributed by atoms with Gasteiger partial charge >= 0.3 is 0 Å². The zero-order valence-corrected chi connectivity index (χ0v) is 12.4. The van der Waals surface area contributed by atoms with Crippen LogP contribution < -0.4 is 11.1 Å². The van der Waals surface area contributed by atoms with Gasteiger partial charge in [0.15, 0.2) is 0 Å².